The predicted octanol–water partition coefficient (Wildman–Crippen LogP) is 2.81. The molecule has 0 aliphatic carbocycles. The fraction of sp³-hybridized carbons (Fsp3) is 0.143. The minimum absolute atomic E-state index is 0.587. The van der Waals surface area contributed by atoms with Crippen molar-refractivity contribution in [3.8, 4) is 5.75 Å². The van der Waals surface area contributed by atoms with Gasteiger partial charge in [-0.1, -0.05) is 0 Å². The minimum atomic E-state index is 0.587. The van der Waals surface area contributed by atoms with Gasteiger partial charge in [-0.05, 0) is 31.0 Å². The second-order valence-corrected chi connectivity index (χ2v) is 4.73. The first-order valence-corrected chi connectivity index (χ1v) is 6.88. The Balaban J connectivity index is 1.84. The fourth-order valence-electron chi connectivity index (χ4n) is 1.55. The standard InChI is InChI=1S/C14H16N4OS/c1-15-13(14-8-17-10-20-14)7-16-9-18-11-3-5-12(19-2)6-4-11/h3-8,10,16,18H,1,9H2,2H3/b13-7-. The second-order valence-electron chi connectivity index (χ2n) is 3.84. The van der Waals surface area contributed by atoms with Gasteiger partial charge in [-0.3, -0.25) is 9.98 Å². The number of hydrogen-bond donors (Lipinski definition) is 2. The van der Waals surface area contributed by atoms with Crippen LogP contribution in [0.1, 0.15) is 4.88 Å². The van der Waals surface area contributed by atoms with E-state index in [4.69, 9.17) is 4.74 Å². The van der Waals surface area contributed by atoms with E-state index in [2.05, 4.69) is 27.3 Å². The van der Waals surface area contributed by atoms with Gasteiger partial charge in [0.1, 0.15) is 5.75 Å². The van der Waals surface area contributed by atoms with Crippen molar-refractivity contribution >= 4 is 29.4 Å². The van der Waals surface area contributed by atoms with Gasteiger partial charge in [-0.25, -0.2) is 0 Å². The molecule has 0 saturated carbocycles. The van der Waals surface area contributed by atoms with Gasteiger partial charge in [-0.15, -0.1) is 11.3 Å². The van der Waals surface area contributed by atoms with E-state index >= 15 is 0 Å². The first-order chi connectivity index (χ1) is 9.83. The van der Waals surface area contributed by atoms with Gasteiger partial charge in [0, 0.05) is 18.1 Å². The minimum Gasteiger partial charge on any atom is -0.497 e. The van der Waals surface area contributed by atoms with Gasteiger partial charge >= 0.3 is 0 Å². The number of ether oxygens (including phenoxy) is 1. The van der Waals surface area contributed by atoms with Crippen molar-refractivity contribution in [2.45, 2.75) is 0 Å². The van der Waals surface area contributed by atoms with Crippen molar-refractivity contribution in [1.29, 1.82) is 0 Å². The smallest absolute Gasteiger partial charge is 0.119 e. The number of aliphatic imine (C=N–C) groups is 1. The van der Waals surface area contributed by atoms with E-state index in [0.717, 1.165) is 22.0 Å². The Kier molecular flexibility index (Phi) is 5.14. The molecule has 0 bridgehead atoms. The molecule has 0 aliphatic rings. The Morgan fingerprint density at radius 1 is 1.45 bits per heavy atom. The molecule has 20 heavy (non-hydrogen) atoms. The molecule has 2 N–H and O–H groups in total. The Labute approximate surface area is 122 Å². The third kappa shape index (κ3) is 3.83. The number of nitrogens with one attached hydrogen (secondary N) is 2. The first kappa shape index (κ1) is 14.1. The van der Waals surface area contributed by atoms with Crippen LogP contribution >= 0.6 is 11.3 Å². The quantitative estimate of drug-likeness (QED) is 0.467. The summed E-state index contributed by atoms with van der Waals surface area (Å²) in [7, 11) is 1.65. The molecular formula is C14H16N4OS. The number of aromatic nitrogens is 1. The van der Waals surface area contributed by atoms with Crippen molar-refractivity contribution < 1.29 is 4.74 Å². The molecule has 0 fully saturated rings. The van der Waals surface area contributed by atoms with Crippen molar-refractivity contribution in [3.63, 3.8) is 0 Å². The van der Waals surface area contributed by atoms with E-state index in [1.807, 2.05) is 30.5 Å². The summed E-state index contributed by atoms with van der Waals surface area (Å²) >= 11 is 1.53. The molecule has 1 aromatic carbocycles. The Bertz CT molecular complexity index is 563. The number of rotatable bonds is 7. The zero-order valence-electron chi connectivity index (χ0n) is 11.2. The maximum atomic E-state index is 5.11. The maximum absolute atomic E-state index is 5.11. The van der Waals surface area contributed by atoms with Crippen LogP contribution in [-0.2, 0) is 0 Å². The van der Waals surface area contributed by atoms with Gasteiger partial charge in [0.15, 0.2) is 0 Å². The average molecular weight is 288 g/mol. The molecule has 0 spiro atoms. The molecule has 1 aromatic heterocycles. The zero-order valence-corrected chi connectivity index (χ0v) is 12.0. The van der Waals surface area contributed by atoms with Gasteiger partial charge in [0.2, 0.25) is 0 Å². The van der Waals surface area contributed by atoms with Crippen LogP contribution in [0.2, 0.25) is 0 Å². The van der Waals surface area contributed by atoms with Gasteiger partial charge in [0.25, 0.3) is 0 Å². The maximum Gasteiger partial charge on any atom is 0.119 e. The molecule has 0 saturated heterocycles. The number of anilines is 1. The Hall–Kier alpha value is -2.34. The molecular weight excluding hydrogens is 272 g/mol. The van der Waals surface area contributed by atoms with Crippen LogP contribution in [0.4, 0.5) is 5.69 Å². The fourth-order valence-corrected chi connectivity index (χ4v) is 2.15. The van der Waals surface area contributed by atoms with Crippen molar-refractivity contribution in [2.24, 2.45) is 4.99 Å². The summed E-state index contributed by atoms with van der Waals surface area (Å²) < 4.78 is 5.11. The van der Waals surface area contributed by atoms with Crippen LogP contribution < -0.4 is 15.4 Å². The van der Waals surface area contributed by atoms with Crippen LogP contribution in [0, 0.1) is 0 Å². The van der Waals surface area contributed by atoms with Crippen LogP contribution in [0.15, 0.2) is 47.2 Å². The average Bonchev–Trinajstić information content (AvgIpc) is 3.02. The van der Waals surface area contributed by atoms with E-state index in [9.17, 15) is 0 Å². The molecule has 0 unspecified atom stereocenters. The topological polar surface area (TPSA) is 58.5 Å². The lowest BCUT2D eigenvalue weighted by atomic mass is 10.3. The number of hydrogen-bond acceptors (Lipinski definition) is 6. The van der Waals surface area contributed by atoms with E-state index in [-0.39, 0.29) is 0 Å². The van der Waals surface area contributed by atoms with Crippen molar-refractivity contribution in [2.75, 3.05) is 19.1 Å². The molecule has 2 rings (SSSR count). The predicted molar refractivity (Wildman–Crippen MR) is 84.3 cm³/mol. The van der Waals surface area contributed by atoms with E-state index in [1.165, 1.54) is 11.3 Å². The van der Waals surface area contributed by atoms with Gasteiger partial charge in [0.05, 0.1) is 29.9 Å². The zero-order chi connectivity index (χ0) is 14.2. The molecule has 0 amide bonds. The number of methoxy groups -OCH3 is 1. The van der Waals surface area contributed by atoms with Crippen molar-refractivity contribution in [3.05, 3.63) is 47.0 Å². The van der Waals surface area contributed by atoms with Crippen LogP contribution in [0.5, 0.6) is 5.75 Å². The molecule has 1 heterocycles. The first-order valence-electron chi connectivity index (χ1n) is 6.00. The van der Waals surface area contributed by atoms with E-state index in [0.29, 0.717) is 6.67 Å². The van der Waals surface area contributed by atoms with Crippen LogP contribution in [0.25, 0.3) is 5.70 Å². The van der Waals surface area contributed by atoms with Gasteiger partial charge in [-0.2, -0.15) is 0 Å². The molecule has 104 valence electrons. The van der Waals surface area contributed by atoms with Crippen LogP contribution in [-0.4, -0.2) is 25.5 Å². The summed E-state index contributed by atoms with van der Waals surface area (Å²) in [6.45, 7) is 4.15. The summed E-state index contributed by atoms with van der Waals surface area (Å²) in [5.41, 5.74) is 3.56. The highest BCUT2D eigenvalue weighted by Gasteiger charge is 1.99. The number of benzene rings is 1. The molecule has 5 nitrogen and oxygen atoms in total. The summed E-state index contributed by atoms with van der Waals surface area (Å²) in [5, 5.41) is 6.38. The lowest BCUT2D eigenvalue weighted by Crippen LogP contribution is -2.16. The monoisotopic (exact) mass is 288 g/mol. The van der Waals surface area contributed by atoms with Crippen molar-refractivity contribution in [1.82, 2.24) is 10.3 Å². The summed E-state index contributed by atoms with van der Waals surface area (Å²) in [5.74, 6) is 0.840. The molecule has 2 aromatic rings. The van der Waals surface area contributed by atoms with E-state index < -0.39 is 0 Å². The number of thiazole rings is 1. The Morgan fingerprint density at radius 3 is 2.85 bits per heavy atom. The Morgan fingerprint density at radius 2 is 2.25 bits per heavy atom. The molecule has 0 aliphatic heterocycles. The normalized spacial score (nSPS) is 10.9. The summed E-state index contributed by atoms with van der Waals surface area (Å²) in [4.78, 5) is 8.97. The highest BCUT2D eigenvalue weighted by molar-refractivity contribution is 7.10. The SMILES string of the molecule is C=N/C(=C\NCNc1ccc(OC)cc1)c1cncs1. The highest BCUT2D eigenvalue weighted by atomic mass is 32.1. The summed E-state index contributed by atoms with van der Waals surface area (Å²) in [6.07, 6.45) is 3.58. The van der Waals surface area contributed by atoms with Gasteiger partial charge < -0.3 is 15.4 Å². The molecule has 0 radical (unpaired) electrons. The van der Waals surface area contributed by atoms with E-state index in [1.54, 1.807) is 18.8 Å². The lowest BCUT2D eigenvalue weighted by Gasteiger charge is -2.07. The molecule has 6 heteroatoms. The third-order valence-electron chi connectivity index (χ3n) is 2.58. The number of nitrogens with zero attached hydrogens (tertiary/aromatic N) is 2. The highest BCUT2D eigenvalue weighted by Crippen LogP contribution is 2.18. The van der Waals surface area contributed by atoms with Crippen LogP contribution in [0.3, 0.4) is 0 Å². The largest absolute Gasteiger partial charge is 0.497 e. The molecule has 0 atom stereocenters. The summed E-state index contributed by atoms with van der Waals surface area (Å²) in [6, 6.07) is 7.73. The lowest BCUT2D eigenvalue weighted by molar-refractivity contribution is 0.415. The third-order valence-corrected chi connectivity index (χ3v) is 3.37. The second kappa shape index (κ2) is 7.30.